The number of nitroso groups, excluding NO2 is 1. The highest BCUT2D eigenvalue weighted by atomic mass is 16.3. The van der Waals surface area contributed by atoms with Crippen molar-refractivity contribution in [2.24, 2.45) is 17.0 Å². The molecule has 3 heteroatoms. The van der Waals surface area contributed by atoms with Crippen molar-refractivity contribution in [3.8, 4) is 0 Å². The minimum atomic E-state index is 0.136. The molecule has 0 aromatic rings. The summed E-state index contributed by atoms with van der Waals surface area (Å²) in [6, 6.07) is 0. The predicted octanol–water partition coefficient (Wildman–Crippen LogP) is 1.02. The summed E-state index contributed by atoms with van der Waals surface area (Å²) in [7, 11) is 0. The standard InChI is InChI=1S/C6H13NO2/c1-5(3-7-9)6(2)4-8/h5-6,8H,3-4H2,1-2H3/t5-,6-/m1/s1. The van der Waals surface area contributed by atoms with Gasteiger partial charge >= 0.3 is 0 Å². The van der Waals surface area contributed by atoms with Crippen molar-refractivity contribution in [1.29, 1.82) is 0 Å². The Bertz CT molecular complexity index is 85.1. The van der Waals surface area contributed by atoms with E-state index in [2.05, 4.69) is 5.18 Å². The third-order valence-electron chi connectivity index (χ3n) is 1.62. The van der Waals surface area contributed by atoms with Crippen LogP contribution in [0.25, 0.3) is 0 Å². The van der Waals surface area contributed by atoms with E-state index in [1.807, 2.05) is 13.8 Å². The average molecular weight is 131 g/mol. The SMILES string of the molecule is C[C@H](CO)[C@H](C)CN=O. The van der Waals surface area contributed by atoms with Gasteiger partial charge in [-0.15, -0.1) is 0 Å². The highest BCUT2D eigenvalue weighted by Crippen LogP contribution is 2.09. The number of aliphatic hydroxyl groups is 1. The van der Waals surface area contributed by atoms with E-state index in [1.54, 1.807) is 0 Å². The van der Waals surface area contributed by atoms with Gasteiger partial charge in [-0.3, -0.25) is 0 Å². The zero-order valence-electron chi connectivity index (χ0n) is 5.87. The lowest BCUT2D eigenvalue weighted by molar-refractivity contribution is 0.198. The average Bonchev–Trinajstić information content (AvgIpc) is 1.87. The van der Waals surface area contributed by atoms with Crippen molar-refractivity contribution in [3.05, 3.63) is 4.91 Å². The molecule has 1 N–H and O–H groups in total. The lowest BCUT2D eigenvalue weighted by atomic mass is 9.97. The van der Waals surface area contributed by atoms with E-state index < -0.39 is 0 Å². The van der Waals surface area contributed by atoms with Gasteiger partial charge in [0.05, 0.1) is 6.54 Å². The molecule has 0 aliphatic rings. The molecule has 0 heterocycles. The smallest absolute Gasteiger partial charge is 0.0840 e. The first-order chi connectivity index (χ1) is 4.22. The van der Waals surface area contributed by atoms with Gasteiger partial charge in [-0.25, -0.2) is 0 Å². The molecule has 0 radical (unpaired) electrons. The van der Waals surface area contributed by atoms with Crippen molar-refractivity contribution in [2.75, 3.05) is 13.2 Å². The van der Waals surface area contributed by atoms with Crippen LogP contribution in [0.15, 0.2) is 5.18 Å². The minimum Gasteiger partial charge on any atom is -0.396 e. The van der Waals surface area contributed by atoms with Crippen LogP contribution >= 0.6 is 0 Å². The van der Waals surface area contributed by atoms with Crippen LogP contribution in [0.4, 0.5) is 0 Å². The van der Waals surface area contributed by atoms with Gasteiger partial charge < -0.3 is 5.11 Å². The molecule has 0 bridgehead atoms. The Hall–Kier alpha value is -0.440. The fourth-order valence-electron chi connectivity index (χ4n) is 0.477. The zero-order valence-corrected chi connectivity index (χ0v) is 5.87. The van der Waals surface area contributed by atoms with E-state index in [0.717, 1.165) is 0 Å². The summed E-state index contributed by atoms with van der Waals surface area (Å²) in [4.78, 5) is 9.70. The van der Waals surface area contributed by atoms with E-state index >= 15 is 0 Å². The molecule has 2 atom stereocenters. The van der Waals surface area contributed by atoms with Crippen molar-refractivity contribution in [3.63, 3.8) is 0 Å². The second kappa shape index (κ2) is 4.44. The summed E-state index contributed by atoms with van der Waals surface area (Å²) in [5.41, 5.74) is 0. The molecule has 0 rings (SSSR count). The topological polar surface area (TPSA) is 49.7 Å². The molecule has 9 heavy (non-hydrogen) atoms. The lowest BCUT2D eigenvalue weighted by Gasteiger charge is -2.12. The Morgan fingerprint density at radius 1 is 1.44 bits per heavy atom. The molecule has 0 saturated carbocycles. The molecule has 0 aromatic carbocycles. The maximum Gasteiger partial charge on any atom is 0.0840 e. The number of nitrogens with zero attached hydrogens (tertiary/aromatic N) is 1. The fraction of sp³-hybridized carbons (Fsp3) is 1.00. The number of hydrogen-bond donors (Lipinski definition) is 1. The van der Waals surface area contributed by atoms with Crippen LogP contribution in [0, 0.1) is 16.7 Å². The third kappa shape index (κ3) is 3.19. The maximum atomic E-state index is 9.70. The first kappa shape index (κ1) is 8.56. The second-order valence-corrected chi connectivity index (χ2v) is 2.45. The molecular formula is C6H13NO2. The lowest BCUT2D eigenvalue weighted by Crippen LogP contribution is -2.14. The van der Waals surface area contributed by atoms with E-state index in [9.17, 15) is 4.91 Å². The molecular weight excluding hydrogens is 118 g/mol. The van der Waals surface area contributed by atoms with Crippen molar-refractivity contribution < 1.29 is 5.11 Å². The quantitative estimate of drug-likeness (QED) is 0.579. The Labute approximate surface area is 55.1 Å². The van der Waals surface area contributed by atoms with Gasteiger partial charge in [0.1, 0.15) is 0 Å². The van der Waals surface area contributed by atoms with Gasteiger partial charge in [0.25, 0.3) is 0 Å². The van der Waals surface area contributed by atoms with Gasteiger partial charge in [0.15, 0.2) is 0 Å². The first-order valence-corrected chi connectivity index (χ1v) is 3.12. The summed E-state index contributed by atoms with van der Waals surface area (Å²) in [5, 5.41) is 11.3. The van der Waals surface area contributed by atoms with Gasteiger partial charge in [-0.2, -0.15) is 4.91 Å². The third-order valence-corrected chi connectivity index (χ3v) is 1.62. The minimum absolute atomic E-state index is 0.136. The number of rotatable bonds is 4. The van der Waals surface area contributed by atoms with Crippen LogP contribution in [0.5, 0.6) is 0 Å². The maximum absolute atomic E-state index is 9.70. The van der Waals surface area contributed by atoms with Crippen molar-refractivity contribution in [1.82, 2.24) is 0 Å². The van der Waals surface area contributed by atoms with Crippen LogP contribution in [0.3, 0.4) is 0 Å². The predicted molar refractivity (Wildman–Crippen MR) is 36.1 cm³/mol. The summed E-state index contributed by atoms with van der Waals surface area (Å²) in [5.74, 6) is 0.384. The number of aliphatic hydroxyl groups excluding tert-OH is 1. The Kier molecular flexibility index (Phi) is 4.22. The van der Waals surface area contributed by atoms with E-state index in [-0.39, 0.29) is 18.4 Å². The molecule has 0 amide bonds. The largest absolute Gasteiger partial charge is 0.396 e. The summed E-state index contributed by atoms with van der Waals surface area (Å²) in [6.07, 6.45) is 0. The summed E-state index contributed by atoms with van der Waals surface area (Å²) in [6.45, 7) is 4.25. The molecule has 0 spiro atoms. The Balaban J connectivity index is 3.44. The van der Waals surface area contributed by atoms with E-state index in [0.29, 0.717) is 6.54 Å². The van der Waals surface area contributed by atoms with Crippen LogP contribution in [0.1, 0.15) is 13.8 Å². The molecule has 0 aliphatic heterocycles. The first-order valence-electron chi connectivity index (χ1n) is 3.12. The molecule has 0 saturated heterocycles. The van der Waals surface area contributed by atoms with Gasteiger partial charge in [0, 0.05) is 6.61 Å². The molecule has 0 unspecified atom stereocenters. The van der Waals surface area contributed by atoms with Crippen molar-refractivity contribution >= 4 is 0 Å². The Morgan fingerprint density at radius 3 is 2.33 bits per heavy atom. The second-order valence-electron chi connectivity index (χ2n) is 2.45. The van der Waals surface area contributed by atoms with E-state index in [4.69, 9.17) is 5.11 Å². The molecule has 0 aromatic heterocycles. The van der Waals surface area contributed by atoms with Crippen LogP contribution < -0.4 is 0 Å². The normalized spacial score (nSPS) is 16.8. The van der Waals surface area contributed by atoms with Gasteiger partial charge in [0.2, 0.25) is 0 Å². The van der Waals surface area contributed by atoms with Crippen LogP contribution in [-0.2, 0) is 0 Å². The van der Waals surface area contributed by atoms with Gasteiger partial charge in [-0.05, 0) is 11.8 Å². The molecule has 54 valence electrons. The zero-order chi connectivity index (χ0) is 7.28. The summed E-state index contributed by atoms with van der Waals surface area (Å²) < 4.78 is 0. The molecule has 3 nitrogen and oxygen atoms in total. The van der Waals surface area contributed by atoms with Crippen molar-refractivity contribution in [2.45, 2.75) is 13.8 Å². The van der Waals surface area contributed by atoms with Crippen LogP contribution in [0.2, 0.25) is 0 Å². The van der Waals surface area contributed by atoms with Crippen LogP contribution in [-0.4, -0.2) is 18.3 Å². The highest BCUT2D eigenvalue weighted by Gasteiger charge is 2.09. The number of hydrogen-bond acceptors (Lipinski definition) is 3. The molecule has 0 aliphatic carbocycles. The van der Waals surface area contributed by atoms with Gasteiger partial charge in [-0.1, -0.05) is 19.0 Å². The van der Waals surface area contributed by atoms with E-state index in [1.165, 1.54) is 0 Å². The monoisotopic (exact) mass is 131 g/mol. The Morgan fingerprint density at radius 2 is 2.00 bits per heavy atom. The molecule has 0 fully saturated rings. The summed E-state index contributed by atoms with van der Waals surface area (Å²) >= 11 is 0. The fourth-order valence-corrected chi connectivity index (χ4v) is 0.477. The highest BCUT2D eigenvalue weighted by molar-refractivity contribution is 4.61.